The first-order valence-electron chi connectivity index (χ1n) is 9.33. The van der Waals surface area contributed by atoms with Crippen LogP contribution in [0.4, 0.5) is 0 Å². The maximum Gasteiger partial charge on any atom is 0.336 e. The summed E-state index contributed by atoms with van der Waals surface area (Å²) in [5, 5.41) is 1.06. The van der Waals surface area contributed by atoms with Crippen LogP contribution in [-0.2, 0) is 17.7 Å². The minimum Gasteiger partial charge on any atom is -0.444 e. The normalized spacial score (nSPS) is 22.8. The highest BCUT2D eigenvalue weighted by molar-refractivity contribution is 5.86. The number of nitrogens with one attached hydrogen (secondary N) is 1. The molecule has 1 aromatic heterocycles. The largest absolute Gasteiger partial charge is 0.444 e. The van der Waals surface area contributed by atoms with Gasteiger partial charge in [-0.2, -0.15) is 0 Å². The molecule has 0 radical (unpaired) electrons. The zero-order valence-corrected chi connectivity index (χ0v) is 15.0. The summed E-state index contributed by atoms with van der Waals surface area (Å²) in [7, 11) is 0. The lowest BCUT2D eigenvalue weighted by molar-refractivity contribution is -0.935. The molecule has 5 nitrogen and oxygen atoms in total. The van der Waals surface area contributed by atoms with Gasteiger partial charge in [-0.3, -0.25) is 4.90 Å². The Balaban J connectivity index is 1.70. The third kappa shape index (κ3) is 3.18. The van der Waals surface area contributed by atoms with Gasteiger partial charge in [0.1, 0.15) is 30.5 Å². The molecule has 0 amide bonds. The number of benzene rings is 1. The van der Waals surface area contributed by atoms with Gasteiger partial charge in [-0.15, -0.1) is 0 Å². The standard InChI is InChI=1S/C20H25NO4/c1-3-5-14-9-18(22)25-20-13(2)19-15(8-17(14)20)10-21(12-24-19)11-16-6-4-7-23-16/h8-9,16H,3-7,10-12H2,1-2H3/p+1/t16-/m0/s1. The molecule has 0 bridgehead atoms. The smallest absolute Gasteiger partial charge is 0.336 e. The van der Waals surface area contributed by atoms with Crippen molar-refractivity contribution in [2.24, 2.45) is 0 Å². The van der Waals surface area contributed by atoms with Gasteiger partial charge in [0.15, 0.2) is 0 Å². The van der Waals surface area contributed by atoms with Gasteiger partial charge in [-0.25, -0.2) is 4.79 Å². The number of hydrogen-bond donors (Lipinski definition) is 1. The van der Waals surface area contributed by atoms with Crippen molar-refractivity contribution < 1.29 is 18.8 Å². The van der Waals surface area contributed by atoms with E-state index in [0.717, 1.165) is 61.2 Å². The van der Waals surface area contributed by atoms with Crippen LogP contribution < -0.4 is 15.3 Å². The molecule has 0 saturated carbocycles. The molecule has 134 valence electrons. The molecule has 1 aromatic carbocycles. The molecular weight excluding hydrogens is 318 g/mol. The van der Waals surface area contributed by atoms with Crippen LogP contribution in [0, 0.1) is 6.92 Å². The SMILES string of the molecule is CCCc1cc(=O)oc2c(C)c3c(cc12)C[NH+](C[C@@H]1CCCO1)CO3. The van der Waals surface area contributed by atoms with E-state index in [2.05, 4.69) is 13.0 Å². The van der Waals surface area contributed by atoms with Crippen LogP contribution in [0.15, 0.2) is 21.3 Å². The van der Waals surface area contributed by atoms with Crippen molar-refractivity contribution in [1.29, 1.82) is 0 Å². The Labute approximate surface area is 147 Å². The Morgan fingerprint density at radius 2 is 2.20 bits per heavy atom. The van der Waals surface area contributed by atoms with Crippen molar-refractivity contribution in [2.45, 2.75) is 52.2 Å². The monoisotopic (exact) mass is 344 g/mol. The van der Waals surface area contributed by atoms with Crippen LogP contribution in [0.2, 0.25) is 0 Å². The second-order valence-corrected chi connectivity index (χ2v) is 7.26. The lowest BCUT2D eigenvalue weighted by Crippen LogP contribution is -3.13. The van der Waals surface area contributed by atoms with E-state index >= 15 is 0 Å². The maximum absolute atomic E-state index is 11.9. The summed E-state index contributed by atoms with van der Waals surface area (Å²) in [5.41, 5.74) is 3.62. The number of quaternary nitrogens is 1. The Bertz CT molecular complexity index is 836. The van der Waals surface area contributed by atoms with Crippen LogP contribution in [0.3, 0.4) is 0 Å². The van der Waals surface area contributed by atoms with Crippen LogP contribution in [0.1, 0.15) is 42.9 Å². The predicted octanol–water partition coefficient (Wildman–Crippen LogP) is 1.97. The number of rotatable bonds is 4. The van der Waals surface area contributed by atoms with Gasteiger partial charge in [0.2, 0.25) is 6.73 Å². The average Bonchev–Trinajstić information content (AvgIpc) is 3.09. The van der Waals surface area contributed by atoms with Gasteiger partial charge in [0, 0.05) is 29.2 Å². The molecule has 4 rings (SSSR count). The van der Waals surface area contributed by atoms with Crippen LogP contribution in [0.25, 0.3) is 11.0 Å². The summed E-state index contributed by atoms with van der Waals surface area (Å²) in [6.45, 7) is 7.56. The molecular formula is C20H26NO4+. The molecule has 1 N–H and O–H groups in total. The van der Waals surface area contributed by atoms with E-state index in [1.54, 1.807) is 6.07 Å². The van der Waals surface area contributed by atoms with Gasteiger partial charge in [-0.1, -0.05) is 13.3 Å². The molecule has 1 unspecified atom stereocenters. The highest BCUT2D eigenvalue weighted by Crippen LogP contribution is 2.33. The second-order valence-electron chi connectivity index (χ2n) is 7.26. The van der Waals surface area contributed by atoms with E-state index < -0.39 is 0 Å². The summed E-state index contributed by atoms with van der Waals surface area (Å²) >= 11 is 0. The summed E-state index contributed by atoms with van der Waals surface area (Å²) in [6.07, 6.45) is 4.56. The average molecular weight is 344 g/mol. The van der Waals surface area contributed by atoms with Crippen LogP contribution in [0.5, 0.6) is 5.75 Å². The summed E-state index contributed by atoms with van der Waals surface area (Å²) in [5.74, 6) is 0.889. The van der Waals surface area contributed by atoms with Crippen LogP contribution in [-0.4, -0.2) is 26.0 Å². The minimum atomic E-state index is -0.277. The Hall–Kier alpha value is -1.85. The van der Waals surface area contributed by atoms with Crippen molar-refractivity contribution in [2.75, 3.05) is 19.9 Å². The highest BCUT2D eigenvalue weighted by Gasteiger charge is 2.28. The molecule has 2 aliphatic rings. The number of ether oxygens (including phenoxy) is 2. The fourth-order valence-corrected chi connectivity index (χ4v) is 4.13. The van der Waals surface area contributed by atoms with E-state index in [0.29, 0.717) is 18.4 Å². The first kappa shape index (κ1) is 16.6. The second kappa shape index (κ2) is 6.81. The van der Waals surface area contributed by atoms with E-state index in [1.807, 2.05) is 6.92 Å². The molecule has 3 heterocycles. The van der Waals surface area contributed by atoms with E-state index in [-0.39, 0.29) is 5.63 Å². The van der Waals surface area contributed by atoms with E-state index in [4.69, 9.17) is 13.9 Å². The van der Waals surface area contributed by atoms with E-state index in [1.165, 1.54) is 16.9 Å². The molecule has 25 heavy (non-hydrogen) atoms. The minimum absolute atomic E-state index is 0.277. The maximum atomic E-state index is 11.9. The predicted molar refractivity (Wildman–Crippen MR) is 95.2 cm³/mol. The van der Waals surface area contributed by atoms with Crippen molar-refractivity contribution in [3.63, 3.8) is 0 Å². The zero-order chi connectivity index (χ0) is 17.4. The van der Waals surface area contributed by atoms with E-state index in [9.17, 15) is 4.79 Å². The Morgan fingerprint density at radius 1 is 1.32 bits per heavy atom. The Kier molecular flexibility index (Phi) is 4.52. The fourth-order valence-electron chi connectivity index (χ4n) is 4.13. The third-order valence-electron chi connectivity index (χ3n) is 5.30. The van der Waals surface area contributed by atoms with Crippen molar-refractivity contribution in [1.82, 2.24) is 0 Å². The van der Waals surface area contributed by atoms with Gasteiger partial charge in [-0.05, 0) is 37.8 Å². The molecule has 1 fully saturated rings. The summed E-state index contributed by atoms with van der Waals surface area (Å²) < 4.78 is 17.4. The van der Waals surface area contributed by atoms with Crippen LogP contribution >= 0.6 is 0 Å². The first-order chi connectivity index (χ1) is 12.2. The zero-order valence-electron chi connectivity index (χ0n) is 15.0. The van der Waals surface area contributed by atoms with Crippen molar-refractivity contribution >= 4 is 11.0 Å². The molecule has 2 atom stereocenters. The first-order valence-corrected chi connectivity index (χ1v) is 9.33. The van der Waals surface area contributed by atoms with Gasteiger partial charge >= 0.3 is 5.63 Å². The lowest BCUT2D eigenvalue weighted by atomic mass is 9.98. The fraction of sp³-hybridized carbons (Fsp3) is 0.550. The molecule has 0 aliphatic carbocycles. The summed E-state index contributed by atoms with van der Waals surface area (Å²) in [4.78, 5) is 13.3. The van der Waals surface area contributed by atoms with Crippen molar-refractivity contribution in [3.8, 4) is 5.75 Å². The van der Waals surface area contributed by atoms with Gasteiger partial charge in [0.25, 0.3) is 0 Å². The third-order valence-corrected chi connectivity index (χ3v) is 5.30. The molecule has 0 spiro atoms. The molecule has 1 saturated heterocycles. The van der Waals surface area contributed by atoms with Gasteiger partial charge < -0.3 is 13.9 Å². The summed E-state index contributed by atoms with van der Waals surface area (Å²) in [6, 6.07) is 3.80. The lowest BCUT2D eigenvalue weighted by Gasteiger charge is -2.29. The quantitative estimate of drug-likeness (QED) is 0.862. The number of fused-ring (bicyclic) bond motifs is 2. The number of hydrogen-bond acceptors (Lipinski definition) is 4. The number of aryl methyl sites for hydroxylation is 2. The van der Waals surface area contributed by atoms with Crippen molar-refractivity contribution in [3.05, 3.63) is 39.2 Å². The highest BCUT2D eigenvalue weighted by atomic mass is 16.5. The molecule has 2 aliphatic heterocycles. The topological polar surface area (TPSA) is 53.1 Å². The molecule has 2 aromatic rings. The Morgan fingerprint density at radius 3 is 2.96 bits per heavy atom. The molecule has 5 heteroatoms. The van der Waals surface area contributed by atoms with Gasteiger partial charge in [0.05, 0.1) is 0 Å².